The molecule has 3 aromatic carbocycles. The Hall–Kier alpha value is -3.14. The van der Waals surface area contributed by atoms with Gasteiger partial charge in [-0.05, 0) is 54.4 Å². The van der Waals surface area contributed by atoms with Crippen LogP contribution >= 0.6 is 0 Å². The summed E-state index contributed by atoms with van der Waals surface area (Å²) in [7, 11) is 0. The van der Waals surface area contributed by atoms with Crippen LogP contribution in [0.4, 0.5) is 11.4 Å². The zero-order valence-electron chi connectivity index (χ0n) is 13.3. The monoisotopic (exact) mass is 316 g/mol. The van der Waals surface area contributed by atoms with Crippen molar-refractivity contribution in [3.8, 4) is 22.6 Å². The summed E-state index contributed by atoms with van der Waals surface area (Å²) in [6.07, 6.45) is 0. The third kappa shape index (κ3) is 2.99. The minimum atomic E-state index is 0.289. The van der Waals surface area contributed by atoms with E-state index in [1.165, 1.54) is 5.56 Å². The summed E-state index contributed by atoms with van der Waals surface area (Å²) in [5, 5.41) is 8.53. The quantitative estimate of drug-likeness (QED) is 0.573. The van der Waals surface area contributed by atoms with E-state index in [1.54, 1.807) is 0 Å². The fourth-order valence-electron chi connectivity index (χ4n) is 2.52. The summed E-state index contributed by atoms with van der Waals surface area (Å²) in [5.41, 5.74) is 5.06. The van der Waals surface area contributed by atoms with Gasteiger partial charge >= 0.3 is 0 Å². The fraction of sp³-hybridized carbons (Fsp3) is 0.100. The average Bonchev–Trinajstić information content (AvgIpc) is 3.09. The van der Waals surface area contributed by atoms with E-state index in [9.17, 15) is 0 Å². The van der Waals surface area contributed by atoms with Crippen LogP contribution in [-0.2, 0) is 0 Å². The number of azo groups is 1. The predicted molar refractivity (Wildman–Crippen MR) is 93.4 cm³/mol. The molecule has 0 amide bonds. The molecule has 24 heavy (non-hydrogen) atoms. The molecule has 4 nitrogen and oxygen atoms in total. The van der Waals surface area contributed by atoms with Crippen molar-refractivity contribution >= 4 is 11.4 Å². The zero-order chi connectivity index (χ0) is 16.4. The molecule has 0 spiro atoms. The molecule has 3 aromatic rings. The first-order valence-electron chi connectivity index (χ1n) is 7.76. The lowest BCUT2D eigenvalue weighted by Crippen LogP contribution is -1.92. The van der Waals surface area contributed by atoms with E-state index in [0.717, 1.165) is 34.0 Å². The number of benzene rings is 3. The highest BCUT2D eigenvalue weighted by Gasteiger charge is 2.13. The van der Waals surface area contributed by atoms with Gasteiger partial charge in [-0.2, -0.15) is 10.2 Å². The van der Waals surface area contributed by atoms with Crippen LogP contribution in [0.5, 0.6) is 11.5 Å². The number of fused-ring (bicyclic) bond motifs is 1. The summed E-state index contributed by atoms with van der Waals surface area (Å²) in [6, 6.07) is 21.9. The minimum Gasteiger partial charge on any atom is -0.454 e. The van der Waals surface area contributed by atoms with Crippen molar-refractivity contribution in [2.75, 3.05) is 6.79 Å². The molecule has 4 rings (SSSR count). The maximum absolute atomic E-state index is 5.42. The highest BCUT2D eigenvalue weighted by Crippen LogP contribution is 2.36. The van der Waals surface area contributed by atoms with Gasteiger partial charge < -0.3 is 9.47 Å². The van der Waals surface area contributed by atoms with Gasteiger partial charge in [-0.15, -0.1) is 0 Å². The molecular weight excluding hydrogens is 300 g/mol. The van der Waals surface area contributed by atoms with Gasteiger partial charge in [0.1, 0.15) is 0 Å². The average molecular weight is 316 g/mol. The Bertz CT molecular complexity index is 885. The number of hydrogen-bond donors (Lipinski definition) is 0. The minimum absolute atomic E-state index is 0.289. The van der Waals surface area contributed by atoms with Gasteiger partial charge in [0.05, 0.1) is 11.4 Å². The van der Waals surface area contributed by atoms with E-state index in [2.05, 4.69) is 17.2 Å². The molecule has 1 aliphatic heterocycles. The molecule has 0 aliphatic carbocycles. The van der Waals surface area contributed by atoms with Crippen LogP contribution in [0, 0.1) is 6.92 Å². The Morgan fingerprint density at radius 1 is 0.667 bits per heavy atom. The smallest absolute Gasteiger partial charge is 0.231 e. The Balaban J connectivity index is 1.53. The number of aryl methyl sites for hydroxylation is 1. The van der Waals surface area contributed by atoms with E-state index in [1.807, 2.05) is 66.7 Å². The summed E-state index contributed by atoms with van der Waals surface area (Å²) in [6.45, 7) is 2.34. The molecule has 4 heteroatoms. The van der Waals surface area contributed by atoms with Gasteiger partial charge in [-0.25, -0.2) is 0 Å². The topological polar surface area (TPSA) is 43.2 Å². The summed E-state index contributed by atoms with van der Waals surface area (Å²) < 4.78 is 10.8. The highest BCUT2D eigenvalue weighted by molar-refractivity contribution is 5.68. The number of ether oxygens (including phenoxy) is 2. The van der Waals surface area contributed by atoms with E-state index in [0.29, 0.717) is 0 Å². The van der Waals surface area contributed by atoms with Gasteiger partial charge in [-0.1, -0.05) is 35.9 Å². The highest BCUT2D eigenvalue weighted by atomic mass is 16.7. The Morgan fingerprint density at radius 2 is 1.25 bits per heavy atom. The second-order valence-electron chi connectivity index (χ2n) is 5.65. The normalized spacial score (nSPS) is 12.7. The first-order valence-corrected chi connectivity index (χ1v) is 7.76. The maximum atomic E-state index is 5.42. The third-order valence-corrected chi connectivity index (χ3v) is 3.89. The Kier molecular flexibility index (Phi) is 3.71. The van der Waals surface area contributed by atoms with Gasteiger partial charge in [-0.3, -0.25) is 0 Å². The molecule has 0 saturated heterocycles. The van der Waals surface area contributed by atoms with Crippen LogP contribution in [-0.4, -0.2) is 6.79 Å². The van der Waals surface area contributed by atoms with Gasteiger partial charge in [0.25, 0.3) is 0 Å². The van der Waals surface area contributed by atoms with Crippen molar-refractivity contribution in [2.45, 2.75) is 6.92 Å². The fourth-order valence-corrected chi connectivity index (χ4v) is 2.52. The molecule has 0 bridgehead atoms. The van der Waals surface area contributed by atoms with Gasteiger partial charge in [0.2, 0.25) is 6.79 Å². The third-order valence-electron chi connectivity index (χ3n) is 3.89. The lowest BCUT2D eigenvalue weighted by Gasteiger charge is -2.03. The Morgan fingerprint density at radius 3 is 1.96 bits per heavy atom. The van der Waals surface area contributed by atoms with Crippen LogP contribution in [0.1, 0.15) is 5.56 Å². The number of hydrogen-bond acceptors (Lipinski definition) is 4. The van der Waals surface area contributed by atoms with E-state index in [4.69, 9.17) is 9.47 Å². The molecule has 0 N–H and O–H groups in total. The van der Waals surface area contributed by atoms with E-state index < -0.39 is 0 Å². The predicted octanol–water partition coefficient (Wildman–Crippen LogP) is 5.81. The van der Waals surface area contributed by atoms with Crippen molar-refractivity contribution in [1.82, 2.24) is 0 Å². The molecule has 1 heterocycles. The first-order chi connectivity index (χ1) is 11.8. The first kappa shape index (κ1) is 14.5. The van der Waals surface area contributed by atoms with Crippen LogP contribution < -0.4 is 9.47 Å². The van der Waals surface area contributed by atoms with Crippen molar-refractivity contribution in [1.29, 1.82) is 0 Å². The van der Waals surface area contributed by atoms with Crippen molar-refractivity contribution < 1.29 is 9.47 Å². The molecule has 0 fully saturated rings. The number of nitrogens with zero attached hydrogens (tertiary/aromatic N) is 2. The van der Waals surface area contributed by atoms with Gasteiger partial charge in [0, 0.05) is 0 Å². The second-order valence-corrected chi connectivity index (χ2v) is 5.65. The molecule has 0 aromatic heterocycles. The molecule has 118 valence electrons. The van der Waals surface area contributed by atoms with Crippen molar-refractivity contribution in [2.24, 2.45) is 10.2 Å². The standard InChI is InChI=1S/C20H16N2O2/c1-14-2-7-17(8-3-14)21-22-18-9-4-15(5-10-18)16-6-11-19-20(12-16)24-13-23-19/h2-12H,13H2,1H3. The van der Waals surface area contributed by atoms with Crippen LogP contribution in [0.2, 0.25) is 0 Å². The van der Waals surface area contributed by atoms with Crippen LogP contribution in [0.25, 0.3) is 11.1 Å². The van der Waals surface area contributed by atoms with E-state index >= 15 is 0 Å². The molecule has 0 unspecified atom stereocenters. The largest absolute Gasteiger partial charge is 0.454 e. The van der Waals surface area contributed by atoms with Crippen molar-refractivity contribution in [3.05, 3.63) is 72.3 Å². The summed E-state index contributed by atoms with van der Waals surface area (Å²) >= 11 is 0. The molecular formula is C20H16N2O2. The second kappa shape index (κ2) is 6.16. The molecule has 0 radical (unpaired) electrons. The van der Waals surface area contributed by atoms with Gasteiger partial charge in [0.15, 0.2) is 11.5 Å². The number of rotatable bonds is 3. The molecule has 0 saturated carbocycles. The lowest BCUT2D eigenvalue weighted by atomic mass is 10.0. The maximum Gasteiger partial charge on any atom is 0.231 e. The zero-order valence-corrected chi connectivity index (χ0v) is 13.3. The van der Waals surface area contributed by atoms with E-state index in [-0.39, 0.29) is 6.79 Å². The summed E-state index contributed by atoms with van der Waals surface area (Å²) in [4.78, 5) is 0. The van der Waals surface area contributed by atoms with Crippen LogP contribution in [0.15, 0.2) is 77.0 Å². The van der Waals surface area contributed by atoms with Crippen LogP contribution in [0.3, 0.4) is 0 Å². The SMILES string of the molecule is Cc1ccc(N=Nc2ccc(-c3ccc4c(c3)OCO4)cc2)cc1. The van der Waals surface area contributed by atoms with Crippen molar-refractivity contribution in [3.63, 3.8) is 0 Å². The summed E-state index contributed by atoms with van der Waals surface area (Å²) in [5.74, 6) is 1.58. The Labute approximate surface area is 140 Å². The molecule has 0 atom stereocenters. The lowest BCUT2D eigenvalue weighted by molar-refractivity contribution is 0.174. The molecule has 1 aliphatic rings.